The number of para-hydroxylation sites is 1. The zero-order valence-electron chi connectivity index (χ0n) is 19.5. The van der Waals surface area contributed by atoms with E-state index in [1.165, 1.54) is 0 Å². The molecule has 0 aliphatic carbocycles. The Balaban J connectivity index is 1.65. The van der Waals surface area contributed by atoms with Crippen LogP contribution in [0, 0.1) is 0 Å². The summed E-state index contributed by atoms with van der Waals surface area (Å²) in [4.78, 5) is 53.5. The van der Waals surface area contributed by atoms with Gasteiger partial charge >= 0.3 is 5.97 Å². The topological polar surface area (TPSA) is 108 Å². The van der Waals surface area contributed by atoms with E-state index in [0.29, 0.717) is 26.9 Å². The molecule has 4 aromatic rings. The minimum atomic E-state index is -1.29. The molecule has 180 valence electrons. The van der Waals surface area contributed by atoms with Crippen LogP contribution in [0.25, 0.3) is 32.9 Å². The largest absolute Gasteiger partial charge is 0.545 e. The van der Waals surface area contributed by atoms with E-state index >= 15 is 0 Å². The maximum Gasteiger partial charge on any atom is 0.333 e. The number of aromatic nitrogens is 1. The number of carbonyl (C=O) groups is 4. The van der Waals surface area contributed by atoms with Crippen molar-refractivity contribution < 1.29 is 33.7 Å². The Kier molecular flexibility index (Phi) is 5.93. The van der Waals surface area contributed by atoms with Gasteiger partial charge in [-0.1, -0.05) is 54.6 Å². The van der Waals surface area contributed by atoms with E-state index in [2.05, 4.69) is 0 Å². The Hall–Kier alpha value is -4.59. The molecule has 8 nitrogen and oxygen atoms in total. The molecule has 3 aromatic carbocycles. The van der Waals surface area contributed by atoms with Gasteiger partial charge in [0.1, 0.15) is 7.05 Å². The van der Waals surface area contributed by atoms with E-state index < -0.39 is 23.8 Å². The first-order valence-corrected chi connectivity index (χ1v) is 11.6. The quantitative estimate of drug-likeness (QED) is 0.237. The average Bonchev–Trinajstić information content (AvgIpc) is 3.19. The molecule has 1 aliphatic heterocycles. The molecule has 2 heterocycles. The Morgan fingerprint density at radius 1 is 0.944 bits per heavy atom. The summed E-state index contributed by atoms with van der Waals surface area (Å²) in [6.07, 6.45) is 0.142. The third-order valence-corrected chi connectivity index (χ3v) is 6.47. The van der Waals surface area contributed by atoms with Gasteiger partial charge in [-0.25, -0.2) is 4.79 Å². The van der Waals surface area contributed by atoms with E-state index in [-0.39, 0.29) is 31.2 Å². The van der Waals surface area contributed by atoms with E-state index in [0.717, 1.165) is 16.7 Å². The van der Waals surface area contributed by atoms with Crippen molar-refractivity contribution in [3.8, 4) is 11.1 Å². The molecule has 1 aromatic heterocycles. The molecule has 0 atom stereocenters. The van der Waals surface area contributed by atoms with Gasteiger partial charge in [-0.15, -0.1) is 5.06 Å². The second kappa shape index (κ2) is 9.22. The fraction of sp³-hybridized carbons (Fsp3) is 0.179. The number of hydroxylamine groups is 2. The number of carboxylic acids is 1. The third-order valence-electron chi connectivity index (χ3n) is 6.47. The van der Waals surface area contributed by atoms with Crippen LogP contribution in [-0.4, -0.2) is 28.8 Å². The highest BCUT2D eigenvalue weighted by Crippen LogP contribution is 2.35. The molecule has 0 spiro atoms. The van der Waals surface area contributed by atoms with Crippen LogP contribution in [0.15, 0.2) is 66.7 Å². The summed E-state index contributed by atoms with van der Waals surface area (Å²) >= 11 is 0. The number of nitrogens with zero attached hydrogens (tertiary/aromatic N) is 2. The van der Waals surface area contributed by atoms with Gasteiger partial charge in [-0.2, -0.15) is 4.57 Å². The first kappa shape index (κ1) is 23.2. The molecular weight excluding hydrogens is 460 g/mol. The lowest BCUT2D eigenvalue weighted by Crippen LogP contribution is -2.34. The summed E-state index contributed by atoms with van der Waals surface area (Å²) in [5, 5.41) is 14.1. The Morgan fingerprint density at radius 2 is 1.61 bits per heavy atom. The summed E-state index contributed by atoms with van der Waals surface area (Å²) < 4.78 is 1.91. The van der Waals surface area contributed by atoms with Crippen molar-refractivity contribution in [3.05, 3.63) is 77.9 Å². The predicted molar refractivity (Wildman–Crippen MR) is 128 cm³/mol. The highest BCUT2D eigenvalue weighted by molar-refractivity contribution is 6.16. The number of fused-ring (bicyclic) bond motifs is 2. The number of benzene rings is 3. The summed E-state index contributed by atoms with van der Waals surface area (Å²) in [6.45, 7) is 0. The lowest BCUT2D eigenvalue weighted by atomic mass is 9.91. The lowest BCUT2D eigenvalue weighted by Gasteiger charge is -2.17. The van der Waals surface area contributed by atoms with Crippen LogP contribution < -0.4 is 9.67 Å². The molecule has 1 aliphatic rings. The molecule has 5 rings (SSSR count). The summed E-state index contributed by atoms with van der Waals surface area (Å²) in [5.74, 6) is -3.09. The van der Waals surface area contributed by atoms with Crippen molar-refractivity contribution in [1.29, 1.82) is 0 Å². The number of rotatable bonds is 6. The van der Waals surface area contributed by atoms with Gasteiger partial charge in [0.15, 0.2) is 0 Å². The third kappa shape index (κ3) is 3.96. The molecule has 0 unspecified atom stereocenters. The standard InChI is InChI=1S/C28H22N2O6/c1-29-21-10-6-5-9-20(21)26(28(34)35)25-19(17-7-3-2-4-8-17)13-11-18(27(25)29)12-16-24(33)36-30-22(31)14-15-23(30)32/h2-11,13H,12,14-16H2,1H3. The monoisotopic (exact) mass is 482 g/mol. The average molecular weight is 482 g/mol. The Bertz CT molecular complexity index is 1550. The second-order valence-corrected chi connectivity index (χ2v) is 8.65. The van der Waals surface area contributed by atoms with Crippen molar-refractivity contribution in [3.63, 3.8) is 0 Å². The normalized spacial score (nSPS) is 13.5. The Labute approximate surface area is 206 Å². The molecule has 0 N–H and O–H groups in total. The molecule has 0 saturated carbocycles. The van der Waals surface area contributed by atoms with Crippen molar-refractivity contribution in [2.24, 2.45) is 7.05 Å². The fourth-order valence-electron chi connectivity index (χ4n) is 4.82. The number of amides is 2. The first-order valence-electron chi connectivity index (χ1n) is 11.6. The van der Waals surface area contributed by atoms with Crippen molar-refractivity contribution in [1.82, 2.24) is 5.06 Å². The van der Waals surface area contributed by atoms with Gasteiger partial charge < -0.3 is 14.7 Å². The highest BCUT2D eigenvalue weighted by atomic mass is 16.7. The van der Waals surface area contributed by atoms with Crippen molar-refractivity contribution in [2.75, 3.05) is 0 Å². The molecule has 0 bridgehead atoms. The van der Waals surface area contributed by atoms with Crippen molar-refractivity contribution in [2.45, 2.75) is 25.7 Å². The zero-order chi connectivity index (χ0) is 25.4. The van der Waals surface area contributed by atoms with Gasteiger partial charge in [0.05, 0.1) is 23.2 Å². The van der Waals surface area contributed by atoms with Crippen LogP contribution in [0.2, 0.25) is 0 Å². The summed E-state index contributed by atoms with van der Waals surface area (Å²) in [5.41, 5.74) is 3.72. The molecule has 1 saturated heterocycles. The molecular formula is C28H22N2O6. The fourth-order valence-corrected chi connectivity index (χ4v) is 4.82. The Morgan fingerprint density at radius 3 is 2.31 bits per heavy atom. The molecule has 36 heavy (non-hydrogen) atoms. The van der Waals surface area contributed by atoms with E-state index in [1.54, 1.807) is 12.1 Å². The summed E-state index contributed by atoms with van der Waals surface area (Å²) in [7, 11) is 1.85. The number of aryl methyl sites for hydroxylation is 2. The maximum absolute atomic E-state index is 12.5. The number of imide groups is 1. The van der Waals surface area contributed by atoms with Crippen LogP contribution in [0.1, 0.15) is 35.2 Å². The zero-order valence-corrected chi connectivity index (χ0v) is 19.5. The molecule has 2 amide bonds. The number of aromatic carboxylic acids is 1. The molecule has 1 fully saturated rings. The van der Waals surface area contributed by atoms with E-state index in [4.69, 9.17) is 4.84 Å². The van der Waals surface area contributed by atoms with Crippen LogP contribution in [0.4, 0.5) is 0 Å². The van der Waals surface area contributed by atoms with E-state index in [1.807, 2.05) is 66.2 Å². The van der Waals surface area contributed by atoms with Crippen LogP contribution >= 0.6 is 0 Å². The van der Waals surface area contributed by atoms with E-state index in [9.17, 15) is 24.3 Å². The number of carboxylic acid groups (broad SMARTS) is 1. The molecule has 8 heteroatoms. The smallest absolute Gasteiger partial charge is 0.333 e. The number of hydrogen-bond acceptors (Lipinski definition) is 6. The maximum atomic E-state index is 12.5. The minimum Gasteiger partial charge on any atom is -0.545 e. The van der Waals surface area contributed by atoms with Gasteiger partial charge in [0, 0.05) is 30.0 Å². The van der Waals surface area contributed by atoms with Crippen LogP contribution in [0.3, 0.4) is 0 Å². The minimum absolute atomic E-state index is 0.0204. The first-order chi connectivity index (χ1) is 17.4. The molecule has 0 radical (unpaired) electrons. The predicted octanol–water partition coefficient (Wildman–Crippen LogP) is 2.39. The van der Waals surface area contributed by atoms with Gasteiger partial charge in [-0.05, 0) is 23.6 Å². The number of pyridine rings is 1. The van der Waals surface area contributed by atoms with Crippen LogP contribution in [-0.2, 0) is 32.7 Å². The number of carbonyl (C=O) groups excluding carboxylic acids is 4. The highest BCUT2D eigenvalue weighted by Gasteiger charge is 2.33. The van der Waals surface area contributed by atoms with Gasteiger partial charge in [0.25, 0.3) is 11.8 Å². The van der Waals surface area contributed by atoms with Gasteiger partial charge in [-0.3, -0.25) is 9.59 Å². The summed E-state index contributed by atoms with van der Waals surface area (Å²) in [6, 6.07) is 20.4. The lowest BCUT2D eigenvalue weighted by molar-refractivity contribution is -0.618. The van der Waals surface area contributed by atoms with Crippen LogP contribution in [0.5, 0.6) is 0 Å². The number of hydrogen-bond donors (Lipinski definition) is 0. The SMILES string of the molecule is C[n+]1c2ccccc2c(C(=O)[O-])c2c(-c3ccccc3)ccc(CCC(=O)ON3C(=O)CCC3=O)c21. The van der Waals surface area contributed by atoms with Crippen molar-refractivity contribution >= 4 is 45.6 Å². The van der Waals surface area contributed by atoms with Gasteiger partial charge in [0.2, 0.25) is 11.0 Å². The second-order valence-electron chi connectivity index (χ2n) is 8.65.